The molecule has 1 amide bonds. The lowest BCUT2D eigenvalue weighted by Gasteiger charge is -2.05. The van der Waals surface area contributed by atoms with E-state index < -0.39 is 4.92 Å². The van der Waals surface area contributed by atoms with Gasteiger partial charge in [0.1, 0.15) is 0 Å². The van der Waals surface area contributed by atoms with Crippen LogP contribution in [0.5, 0.6) is 0 Å². The molecule has 6 nitrogen and oxygen atoms in total. The van der Waals surface area contributed by atoms with Gasteiger partial charge in [0.05, 0.1) is 20.1 Å². The van der Waals surface area contributed by atoms with Crippen LogP contribution in [-0.2, 0) is 6.42 Å². The lowest BCUT2D eigenvalue weighted by atomic mass is 10.1. The van der Waals surface area contributed by atoms with E-state index in [1.807, 2.05) is 24.3 Å². The molecule has 1 N–H and O–H groups in total. The van der Waals surface area contributed by atoms with Crippen LogP contribution < -0.4 is 5.32 Å². The molecule has 0 radical (unpaired) electrons. The quantitative estimate of drug-likeness (QED) is 0.413. The molecule has 0 unspecified atom stereocenters. The molecule has 0 aliphatic carbocycles. The Labute approximate surface area is 148 Å². The Bertz CT molecular complexity index is 903. The smallest absolute Gasteiger partial charge is 0.273 e. The first kappa shape index (κ1) is 17.0. The molecule has 25 heavy (non-hydrogen) atoms. The molecular formula is C18H17N3O3S. The molecule has 0 atom stereocenters. The van der Waals surface area contributed by atoms with Gasteiger partial charge < -0.3 is 5.32 Å². The van der Waals surface area contributed by atoms with Crippen LogP contribution in [0.15, 0.2) is 42.5 Å². The topological polar surface area (TPSA) is 85.1 Å². The van der Waals surface area contributed by atoms with Crippen LogP contribution in [0.2, 0.25) is 0 Å². The van der Waals surface area contributed by atoms with Crippen molar-refractivity contribution in [3.63, 3.8) is 0 Å². The van der Waals surface area contributed by atoms with Gasteiger partial charge in [-0.15, -0.1) is 11.3 Å². The molecule has 0 saturated carbocycles. The standard InChI is InChI=1S/C18H17N3O3S/c1-12-8-9-13(11-15(12)21(23)24)18(22)19-10-4-7-17-20-14-5-2-3-6-16(14)25-17/h2-3,5-6,8-9,11H,4,7,10H2,1H3,(H,19,22). The number of para-hydroxylation sites is 1. The summed E-state index contributed by atoms with van der Waals surface area (Å²) < 4.78 is 1.16. The highest BCUT2D eigenvalue weighted by atomic mass is 32.1. The number of fused-ring (bicyclic) bond motifs is 1. The number of nitro benzene ring substituents is 1. The zero-order valence-corrected chi connectivity index (χ0v) is 14.5. The van der Waals surface area contributed by atoms with Crippen molar-refractivity contribution in [2.24, 2.45) is 0 Å². The van der Waals surface area contributed by atoms with Crippen molar-refractivity contribution in [2.45, 2.75) is 19.8 Å². The minimum Gasteiger partial charge on any atom is -0.352 e. The van der Waals surface area contributed by atoms with Gasteiger partial charge in [0.2, 0.25) is 0 Å². The number of aromatic nitrogens is 1. The SMILES string of the molecule is Cc1ccc(C(=O)NCCCc2nc3ccccc3s2)cc1[N+](=O)[O-]. The first-order chi connectivity index (χ1) is 12.0. The lowest BCUT2D eigenvalue weighted by Crippen LogP contribution is -2.24. The fourth-order valence-corrected chi connectivity index (χ4v) is 3.53. The normalized spacial score (nSPS) is 10.8. The molecule has 1 heterocycles. The highest BCUT2D eigenvalue weighted by molar-refractivity contribution is 7.18. The van der Waals surface area contributed by atoms with Crippen LogP contribution in [0.3, 0.4) is 0 Å². The molecule has 7 heteroatoms. The van der Waals surface area contributed by atoms with Gasteiger partial charge in [-0.05, 0) is 31.5 Å². The largest absolute Gasteiger partial charge is 0.352 e. The summed E-state index contributed by atoms with van der Waals surface area (Å²) >= 11 is 1.66. The first-order valence-corrected chi connectivity index (χ1v) is 8.74. The minimum atomic E-state index is -0.473. The summed E-state index contributed by atoms with van der Waals surface area (Å²) in [6, 6.07) is 12.5. The van der Waals surface area contributed by atoms with Gasteiger partial charge in [0.25, 0.3) is 11.6 Å². The van der Waals surface area contributed by atoms with E-state index >= 15 is 0 Å². The van der Waals surface area contributed by atoms with E-state index in [1.54, 1.807) is 30.4 Å². The van der Waals surface area contributed by atoms with Gasteiger partial charge >= 0.3 is 0 Å². The number of amides is 1. The van der Waals surface area contributed by atoms with E-state index in [4.69, 9.17) is 0 Å². The second kappa shape index (κ2) is 7.40. The molecule has 0 fully saturated rings. The molecule has 3 rings (SSSR count). The van der Waals surface area contributed by atoms with Crippen molar-refractivity contribution in [1.82, 2.24) is 10.3 Å². The highest BCUT2D eigenvalue weighted by Gasteiger charge is 2.14. The van der Waals surface area contributed by atoms with Gasteiger partial charge in [-0.1, -0.05) is 18.2 Å². The Morgan fingerprint density at radius 3 is 2.84 bits per heavy atom. The molecule has 0 bridgehead atoms. The van der Waals surface area contributed by atoms with E-state index in [9.17, 15) is 14.9 Å². The molecule has 1 aromatic heterocycles. The van der Waals surface area contributed by atoms with E-state index in [-0.39, 0.29) is 11.6 Å². The van der Waals surface area contributed by atoms with Crippen molar-refractivity contribution >= 4 is 33.1 Å². The number of carbonyl (C=O) groups excluding carboxylic acids is 1. The summed E-state index contributed by atoms with van der Waals surface area (Å²) in [5, 5.41) is 14.8. The number of nitrogens with zero attached hydrogens (tertiary/aromatic N) is 2. The van der Waals surface area contributed by atoms with E-state index in [0.717, 1.165) is 28.1 Å². The van der Waals surface area contributed by atoms with Gasteiger partial charge in [0, 0.05) is 30.2 Å². The molecule has 0 saturated heterocycles. The first-order valence-electron chi connectivity index (χ1n) is 7.92. The summed E-state index contributed by atoms with van der Waals surface area (Å²) in [7, 11) is 0. The van der Waals surface area contributed by atoms with Crippen LogP contribution in [0.4, 0.5) is 5.69 Å². The van der Waals surface area contributed by atoms with Crippen LogP contribution in [0.25, 0.3) is 10.2 Å². The Morgan fingerprint density at radius 1 is 1.28 bits per heavy atom. The van der Waals surface area contributed by atoms with Crippen LogP contribution in [-0.4, -0.2) is 22.4 Å². The zero-order chi connectivity index (χ0) is 17.8. The van der Waals surface area contributed by atoms with E-state index in [2.05, 4.69) is 10.3 Å². The Hall–Kier alpha value is -2.80. The van der Waals surface area contributed by atoms with Crippen molar-refractivity contribution in [1.29, 1.82) is 0 Å². The number of thiazole rings is 1. The molecule has 3 aromatic rings. The van der Waals surface area contributed by atoms with Gasteiger partial charge in [-0.2, -0.15) is 0 Å². The van der Waals surface area contributed by atoms with Gasteiger partial charge in [0.15, 0.2) is 0 Å². The molecule has 128 valence electrons. The summed E-state index contributed by atoms with van der Waals surface area (Å²) in [6.45, 7) is 2.15. The minimum absolute atomic E-state index is 0.0397. The maximum Gasteiger partial charge on any atom is 0.273 e. The van der Waals surface area contributed by atoms with Crippen LogP contribution in [0.1, 0.15) is 27.3 Å². The third-order valence-electron chi connectivity index (χ3n) is 3.86. The Morgan fingerprint density at radius 2 is 2.08 bits per heavy atom. The number of hydrogen-bond acceptors (Lipinski definition) is 5. The fourth-order valence-electron chi connectivity index (χ4n) is 2.52. The lowest BCUT2D eigenvalue weighted by molar-refractivity contribution is -0.385. The van der Waals surface area contributed by atoms with Crippen molar-refractivity contribution < 1.29 is 9.72 Å². The Balaban J connectivity index is 1.54. The monoisotopic (exact) mass is 355 g/mol. The molecule has 0 spiro atoms. The summed E-state index contributed by atoms with van der Waals surface area (Å²) in [5.41, 5.74) is 1.80. The third-order valence-corrected chi connectivity index (χ3v) is 4.96. The maximum atomic E-state index is 12.1. The number of nitro groups is 1. The molecule has 2 aromatic carbocycles. The number of hydrogen-bond donors (Lipinski definition) is 1. The second-order valence-electron chi connectivity index (χ2n) is 5.69. The van der Waals surface area contributed by atoms with Gasteiger partial charge in [-0.25, -0.2) is 4.98 Å². The van der Waals surface area contributed by atoms with Gasteiger partial charge in [-0.3, -0.25) is 14.9 Å². The molecule has 0 aliphatic rings. The number of carbonyl (C=O) groups is 1. The maximum absolute atomic E-state index is 12.1. The zero-order valence-electron chi connectivity index (χ0n) is 13.7. The molecular weight excluding hydrogens is 338 g/mol. The number of benzene rings is 2. The van der Waals surface area contributed by atoms with Crippen molar-refractivity contribution in [3.05, 3.63) is 68.7 Å². The van der Waals surface area contributed by atoms with Crippen molar-refractivity contribution in [2.75, 3.05) is 6.54 Å². The average molecular weight is 355 g/mol. The summed E-state index contributed by atoms with van der Waals surface area (Å²) in [5.74, 6) is -0.299. The Kier molecular flexibility index (Phi) is 5.04. The van der Waals surface area contributed by atoms with E-state index in [1.165, 1.54) is 6.07 Å². The summed E-state index contributed by atoms with van der Waals surface area (Å²) in [4.78, 5) is 27.2. The number of rotatable bonds is 6. The third kappa shape index (κ3) is 4.00. The summed E-state index contributed by atoms with van der Waals surface area (Å²) in [6.07, 6.45) is 1.55. The predicted molar refractivity (Wildman–Crippen MR) is 98.1 cm³/mol. The highest BCUT2D eigenvalue weighted by Crippen LogP contribution is 2.22. The van der Waals surface area contributed by atoms with Crippen LogP contribution in [0, 0.1) is 17.0 Å². The number of nitrogens with one attached hydrogen (secondary N) is 1. The fraction of sp³-hybridized carbons (Fsp3) is 0.222. The number of aryl methyl sites for hydroxylation is 2. The van der Waals surface area contributed by atoms with E-state index in [0.29, 0.717) is 17.7 Å². The predicted octanol–water partition coefficient (Wildman–Crippen LogP) is 3.88. The van der Waals surface area contributed by atoms with Crippen LogP contribution >= 0.6 is 11.3 Å². The second-order valence-corrected chi connectivity index (χ2v) is 6.81. The average Bonchev–Trinajstić information content (AvgIpc) is 3.01. The van der Waals surface area contributed by atoms with Crippen molar-refractivity contribution in [3.8, 4) is 0 Å². The molecule has 0 aliphatic heterocycles.